The molecule has 0 bridgehead atoms. The van der Waals surface area contributed by atoms with Gasteiger partial charge in [-0.3, -0.25) is 0 Å². The quantitative estimate of drug-likeness (QED) is 0.894. The predicted molar refractivity (Wildman–Crippen MR) is 79.2 cm³/mol. The number of sulfonamides is 1. The van der Waals surface area contributed by atoms with Crippen molar-refractivity contribution in [1.29, 1.82) is 0 Å². The van der Waals surface area contributed by atoms with Gasteiger partial charge in [-0.25, -0.2) is 17.5 Å². The topological polar surface area (TPSA) is 58.2 Å². The minimum atomic E-state index is -3.68. The number of nitrogens with one attached hydrogen (secondary N) is 2. The number of halogens is 2. The fourth-order valence-electron chi connectivity index (χ4n) is 2.33. The van der Waals surface area contributed by atoms with Crippen molar-refractivity contribution in [2.45, 2.75) is 43.7 Å². The summed E-state index contributed by atoms with van der Waals surface area (Å²) in [6, 6.07) is 3.74. The van der Waals surface area contributed by atoms with Crippen LogP contribution in [0, 0.1) is 12.7 Å². The molecule has 0 radical (unpaired) electrons. The van der Waals surface area contributed by atoms with Gasteiger partial charge in [0.25, 0.3) is 0 Å². The molecule has 0 aromatic heterocycles. The number of hydrogen-bond acceptors (Lipinski definition) is 3. The molecule has 1 saturated heterocycles. The molecule has 2 N–H and O–H groups in total. The monoisotopic (exact) mass is 322 g/mol. The zero-order chi connectivity index (χ0) is 14.0. The van der Waals surface area contributed by atoms with Gasteiger partial charge in [-0.15, -0.1) is 12.4 Å². The van der Waals surface area contributed by atoms with Crippen LogP contribution in [0.4, 0.5) is 4.39 Å². The maximum Gasteiger partial charge on any atom is 0.241 e. The van der Waals surface area contributed by atoms with Gasteiger partial charge in [-0.05, 0) is 50.9 Å². The normalized spacial score (nSPS) is 23.1. The van der Waals surface area contributed by atoms with Gasteiger partial charge >= 0.3 is 0 Å². The molecular weight excluding hydrogens is 303 g/mol. The van der Waals surface area contributed by atoms with E-state index < -0.39 is 15.8 Å². The van der Waals surface area contributed by atoms with E-state index in [-0.39, 0.29) is 29.4 Å². The summed E-state index contributed by atoms with van der Waals surface area (Å²) in [4.78, 5) is 0.0188. The fraction of sp³-hybridized carbons (Fsp3) is 0.538. The van der Waals surface area contributed by atoms with Gasteiger partial charge in [-0.1, -0.05) is 6.07 Å². The van der Waals surface area contributed by atoms with Crippen molar-refractivity contribution in [2.24, 2.45) is 0 Å². The Balaban J connectivity index is 0.00000200. The smallest absolute Gasteiger partial charge is 0.241 e. The molecule has 1 fully saturated rings. The summed E-state index contributed by atoms with van der Waals surface area (Å²) in [7, 11) is -3.68. The number of piperidine rings is 1. The maximum atomic E-state index is 13.2. The summed E-state index contributed by atoms with van der Waals surface area (Å²) in [5.74, 6) is -0.541. The van der Waals surface area contributed by atoms with E-state index in [2.05, 4.69) is 10.0 Å². The lowest BCUT2D eigenvalue weighted by Crippen LogP contribution is -2.51. The number of rotatable bonds is 3. The standard InChI is InChI=1S/C13H19FN2O2S.ClH/c1-9-5-6-11(14)8-13(9)19(17,18)16-12-4-3-7-15-10(12)2;/h5-6,8,10,12,15-16H,3-4,7H2,1-2H3;1H. The molecule has 114 valence electrons. The molecule has 7 heteroatoms. The number of hydrogen-bond donors (Lipinski definition) is 2. The summed E-state index contributed by atoms with van der Waals surface area (Å²) in [5.41, 5.74) is 0.547. The fourth-order valence-corrected chi connectivity index (χ4v) is 3.94. The van der Waals surface area contributed by atoms with Crippen LogP contribution in [0.3, 0.4) is 0 Å². The Labute approximate surface area is 125 Å². The Kier molecular flexibility index (Phi) is 5.94. The van der Waals surface area contributed by atoms with Crippen LogP contribution in [-0.2, 0) is 10.0 Å². The van der Waals surface area contributed by atoms with Gasteiger partial charge in [0.15, 0.2) is 0 Å². The molecule has 1 aliphatic rings. The molecule has 0 spiro atoms. The Bertz CT molecular complexity index is 565. The first-order valence-corrected chi connectivity index (χ1v) is 7.90. The van der Waals surface area contributed by atoms with Crippen LogP contribution in [0.2, 0.25) is 0 Å². The van der Waals surface area contributed by atoms with E-state index in [1.165, 1.54) is 12.1 Å². The van der Waals surface area contributed by atoms with Crippen molar-refractivity contribution in [3.05, 3.63) is 29.6 Å². The summed E-state index contributed by atoms with van der Waals surface area (Å²) >= 11 is 0. The average molecular weight is 323 g/mol. The largest absolute Gasteiger partial charge is 0.313 e. The molecule has 2 atom stereocenters. The summed E-state index contributed by atoms with van der Waals surface area (Å²) in [6.07, 6.45) is 1.72. The van der Waals surface area contributed by atoms with Gasteiger partial charge in [0.2, 0.25) is 10.0 Å². The van der Waals surface area contributed by atoms with Crippen LogP contribution in [-0.4, -0.2) is 27.0 Å². The average Bonchev–Trinajstić information content (AvgIpc) is 2.35. The summed E-state index contributed by atoms with van der Waals surface area (Å²) in [5, 5.41) is 3.23. The van der Waals surface area contributed by atoms with Crippen molar-refractivity contribution in [2.75, 3.05) is 6.54 Å². The minimum absolute atomic E-state index is 0. The third kappa shape index (κ3) is 3.91. The predicted octanol–water partition coefficient (Wildman–Crippen LogP) is 1.97. The second-order valence-corrected chi connectivity index (χ2v) is 6.71. The zero-order valence-corrected chi connectivity index (χ0v) is 13.2. The van der Waals surface area contributed by atoms with Crippen molar-refractivity contribution >= 4 is 22.4 Å². The molecule has 1 aromatic carbocycles. The molecule has 0 amide bonds. The maximum absolute atomic E-state index is 13.2. The second-order valence-electron chi connectivity index (χ2n) is 5.02. The highest BCUT2D eigenvalue weighted by molar-refractivity contribution is 7.89. The molecule has 2 unspecified atom stereocenters. The molecule has 20 heavy (non-hydrogen) atoms. The summed E-state index contributed by atoms with van der Waals surface area (Å²) < 4.78 is 40.5. The van der Waals surface area contributed by atoms with Crippen LogP contribution in [0.25, 0.3) is 0 Å². The van der Waals surface area contributed by atoms with Crippen LogP contribution in [0.1, 0.15) is 25.3 Å². The van der Waals surface area contributed by atoms with Crippen molar-refractivity contribution in [3.63, 3.8) is 0 Å². The number of aryl methyl sites for hydroxylation is 1. The molecule has 4 nitrogen and oxygen atoms in total. The first-order valence-electron chi connectivity index (χ1n) is 6.42. The van der Waals surface area contributed by atoms with E-state index in [4.69, 9.17) is 0 Å². The van der Waals surface area contributed by atoms with E-state index in [0.717, 1.165) is 25.5 Å². The summed E-state index contributed by atoms with van der Waals surface area (Å²) in [6.45, 7) is 4.51. The highest BCUT2D eigenvalue weighted by atomic mass is 35.5. The van der Waals surface area contributed by atoms with Crippen molar-refractivity contribution in [1.82, 2.24) is 10.0 Å². The molecule has 2 rings (SSSR count). The lowest BCUT2D eigenvalue weighted by Gasteiger charge is -2.30. The van der Waals surface area contributed by atoms with Crippen LogP contribution in [0.5, 0.6) is 0 Å². The Hall–Kier alpha value is -0.690. The second kappa shape index (κ2) is 6.85. The molecular formula is C13H20ClFN2O2S. The van der Waals surface area contributed by atoms with Gasteiger partial charge < -0.3 is 5.32 Å². The van der Waals surface area contributed by atoms with E-state index in [9.17, 15) is 12.8 Å². The zero-order valence-electron chi connectivity index (χ0n) is 11.5. The third-order valence-corrected chi connectivity index (χ3v) is 5.14. The van der Waals surface area contributed by atoms with E-state index >= 15 is 0 Å². The number of benzene rings is 1. The van der Waals surface area contributed by atoms with Crippen molar-refractivity contribution in [3.8, 4) is 0 Å². The van der Waals surface area contributed by atoms with Crippen molar-refractivity contribution < 1.29 is 12.8 Å². The Morgan fingerprint density at radius 1 is 1.40 bits per heavy atom. The van der Waals surface area contributed by atoms with Gasteiger partial charge in [0, 0.05) is 12.1 Å². The van der Waals surface area contributed by atoms with Gasteiger partial charge in [0.05, 0.1) is 4.90 Å². The Morgan fingerprint density at radius 3 is 2.75 bits per heavy atom. The minimum Gasteiger partial charge on any atom is -0.313 e. The van der Waals surface area contributed by atoms with Gasteiger partial charge in [0.1, 0.15) is 5.82 Å². The van der Waals surface area contributed by atoms with Crippen LogP contribution >= 0.6 is 12.4 Å². The molecule has 0 aliphatic carbocycles. The SMILES string of the molecule is Cc1ccc(F)cc1S(=O)(=O)NC1CCCNC1C.Cl. The van der Waals surface area contributed by atoms with Crippen LogP contribution in [0.15, 0.2) is 23.1 Å². The first kappa shape index (κ1) is 17.4. The molecule has 0 saturated carbocycles. The van der Waals surface area contributed by atoms with E-state index in [0.29, 0.717) is 5.56 Å². The van der Waals surface area contributed by atoms with E-state index in [1.807, 2.05) is 6.92 Å². The lowest BCUT2D eigenvalue weighted by atomic mass is 10.0. The first-order chi connectivity index (χ1) is 8.90. The molecule has 1 aliphatic heterocycles. The lowest BCUT2D eigenvalue weighted by molar-refractivity contribution is 0.348. The Morgan fingerprint density at radius 2 is 2.10 bits per heavy atom. The van der Waals surface area contributed by atoms with E-state index in [1.54, 1.807) is 6.92 Å². The molecule has 1 heterocycles. The molecule has 1 aromatic rings. The van der Waals surface area contributed by atoms with Crippen LogP contribution < -0.4 is 10.0 Å². The van der Waals surface area contributed by atoms with Gasteiger partial charge in [-0.2, -0.15) is 0 Å². The third-order valence-electron chi connectivity index (χ3n) is 3.51. The highest BCUT2D eigenvalue weighted by Gasteiger charge is 2.27. The highest BCUT2D eigenvalue weighted by Crippen LogP contribution is 2.18.